The average molecular weight is 418 g/mol. The van der Waals surface area contributed by atoms with Gasteiger partial charge in [0.15, 0.2) is 5.82 Å². The number of aromatic amines is 1. The number of nitrogens with zero attached hydrogens (tertiary/aromatic N) is 2. The molecule has 3 aromatic carbocycles. The number of halogens is 2. The van der Waals surface area contributed by atoms with E-state index in [4.69, 9.17) is 11.6 Å². The summed E-state index contributed by atoms with van der Waals surface area (Å²) in [4.78, 5) is 33.7. The van der Waals surface area contributed by atoms with E-state index in [1.54, 1.807) is 54.6 Å². The van der Waals surface area contributed by atoms with Gasteiger partial charge in [0.2, 0.25) is 0 Å². The van der Waals surface area contributed by atoms with Crippen LogP contribution in [0.5, 0.6) is 0 Å². The Hall–Kier alpha value is -3.77. The summed E-state index contributed by atoms with van der Waals surface area (Å²) >= 11 is 6.15. The number of hydrogen-bond donors (Lipinski definition) is 1. The van der Waals surface area contributed by atoms with Crippen molar-refractivity contribution < 1.29 is 14.0 Å². The number of aromatic nitrogens is 2. The van der Waals surface area contributed by atoms with E-state index in [1.165, 1.54) is 12.1 Å². The number of amides is 2. The van der Waals surface area contributed by atoms with Crippen molar-refractivity contribution in [2.24, 2.45) is 0 Å². The van der Waals surface area contributed by atoms with Gasteiger partial charge in [-0.2, -0.15) is 0 Å². The fourth-order valence-electron chi connectivity index (χ4n) is 3.51. The van der Waals surface area contributed by atoms with Gasteiger partial charge in [-0.05, 0) is 42.5 Å². The minimum absolute atomic E-state index is 0.0870. The summed E-state index contributed by atoms with van der Waals surface area (Å²) in [6.45, 7) is 0. The number of para-hydroxylation sites is 1. The normalized spacial score (nSPS) is 13.6. The third-order valence-electron chi connectivity index (χ3n) is 4.95. The van der Waals surface area contributed by atoms with Crippen LogP contribution in [-0.4, -0.2) is 21.8 Å². The van der Waals surface area contributed by atoms with E-state index < -0.39 is 17.6 Å². The molecule has 1 aliphatic rings. The minimum atomic E-state index is -0.669. The zero-order valence-electron chi connectivity index (χ0n) is 15.4. The van der Waals surface area contributed by atoms with Crippen LogP contribution in [0.1, 0.15) is 32.1 Å². The molecule has 0 fully saturated rings. The molecule has 5 rings (SSSR count). The standard InChI is InChI=1S/C23H13ClFN3O2/c24-16-8-4-9-17-21(16)27-19(26-17)12-11-13-5-3-10-18(20(13)25)28-22(29)14-6-1-2-7-15(14)23(28)30/h1-12H,(H,26,27). The van der Waals surface area contributed by atoms with Crippen LogP contribution < -0.4 is 4.90 Å². The first kappa shape index (κ1) is 18.3. The Bertz CT molecular complexity index is 1340. The summed E-state index contributed by atoms with van der Waals surface area (Å²) in [5, 5.41) is 0.540. The average Bonchev–Trinajstić information content (AvgIpc) is 3.28. The van der Waals surface area contributed by atoms with E-state index in [2.05, 4.69) is 9.97 Å². The van der Waals surface area contributed by atoms with Crippen LogP contribution >= 0.6 is 11.6 Å². The van der Waals surface area contributed by atoms with Crippen LogP contribution in [0.4, 0.5) is 10.1 Å². The van der Waals surface area contributed by atoms with Crippen LogP contribution in [-0.2, 0) is 0 Å². The second-order valence-electron chi connectivity index (χ2n) is 6.76. The molecule has 0 spiro atoms. The van der Waals surface area contributed by atoms with Gasteiger partial charge in [-0.3, -0.25) is 9.59 Å². The minimum Gasteiger partial charge on any atom is -0.337 e. The molecule has 1 N–H and O–H groups in total. The van der Waals surface area contributed by atoms with E-state index in [9.17, 15) is 9.59 Å². The fraction of sp³-hybridized carbons (Fsp3) is 0. The number of hydrogen-bond acceptors (Lipinski definition) is 3. The molecule has 146 valence electrons. The molecule has 4 aromatic rings. The molecule has 0 atom stereocenters. The number of H-pyrrole nitrogens is 1. The molecule has 1 aromatic heterocycles. The molecular weight excluding hydrogens is 405 g/mol. The first-order valence-corrected chi connectivity index (χ1v) is 9.51. The number of rotatable bonds is 3. The number of imidazole rings is 1. The van der Waals surface area contributed by atoms with Gasteiger partial charge >= 0.3 is 0 Å². The van der Waals surface area contributed by atoms with Gasteiger partial charge in [0.1, 0.15) is 5.82 Å². The Morgan fingerprint density at radius 2 is 1.60 bits per heavy atom. The highest BCUT2D eigenvalue weighted by atomic mass is 35.5. The van der Waals surface area contributed by atoms with Crippen molar-refractivity contribution in [1.82, 2.24) is 9.97 Å². The molecule has 2 heterocycles. The Kier molecular flexibility index (Phi) is 4.22. The number of carbonyl (C=O) groups excluding carboxylic acids is 2. The SMILES string of the molecule is O=C1c2ccccc2C(=O)N1c1cccc(C=Cc2nc3cccc(Cl)c3[nH]2)c1F. The van der Waals surface area contributed by atoms with E-state index in [1.807, 2.05) is 6.07 Å². The van der Waals surface area contributed by atoms with Gasteiger partial charge in [0.05, 0.1) is 32.9 Å². The maximum atomic E-state index is 15.2. The van der Waals surface area contributed by atoms with E-state index in [-0.39, 0.29) is 22.4 Å². The van der Waals surface area contributed by atoms with Crippen molar-refractivity contribution in [2.45, 2.75) is 0 Å². The monoisotopic (exact) mass is 417 g/mol. The number of benzene rings is 3. The molecule has 5 nitrogen and oxygen atoms in total. The lowest BCUT2D eigenvalue weighted by molar-refractivity contribution is 0.0925. The lowest BCUT2D eigenvalue weighted by Gasteiger charge is -2.15. The largest absolute Gasteiger partial charge is 0.337 e. The maximum Gasteiger partial charge on any atom is 0.266 e. The second-order valence-corrected chi connectivity index (χ2v) is 7.17. The van der Waals surface area contributed by atoms with Crippen LogP contribution in [0.3, 0.4) is 0 Å². The van der Waals surface area contributed by atoms with Gasteiger partial charge < -0.3 is 4.98 Å². The lowest BCUT2D eigenvalue weighted by atomic mass is 10.1. The van der Waals surface area contributed by atoms with Gasteiger partial charge in [0.25, 0.3) is 11.8 Å². The van der Waals surface area contributed by atoms with Gasteiger partial charge in [-0.15, -0.1) is 0 Å². The van der Waals surface area contributed by atoms with Crippen LogP contribution in [0.15, 0.2) is 60.7 Å². The zero-order chi connectivity index (χ0) is 20.8. The van der Waals surface area contributed by atoms with E-state index >= 15 is 4.39 Å². The summed E-state index contributed by atoms with van der Waals surface area (Å²) in [6, 6.07) is 16.4. The first-order chi connectivity index (χ1) is 14.5. The fourth-order valence-corrected chi connectivity index (χ4v) is 3.73. The molecule has 2 amide bonds. The predicted molar refractivity (Wildman–Crippen MR) is 114 cm³/mol. The van der Waals surface area contributed by atoms with Crippen LogP contribution in [0.25, 0.3) is 23.2 Å². The van der Waals surface area contributed by atoms with E-state index in [0.29, 0.717) is 21.9 Å². The van der Waals surface area contributed by atoms with Gasteiger partial charge in [0, 0.05) is 5.56 Å². The van der Waals surface area contributed by atoms with Crippen molar-refractivity contribution in [1.29, 1.82) is 0 Å². The molecule has 0 aliphatic carbocycles. The molecule has 0 bridgehead atoms. The number of imide groups is 1. The second kappa shape index (κ2) is 6.93. The predicted octanol–water partition coefficient (Wildman–Crippen LogP) is 5.33. The Balaban J connectivity index is 1.51. The highest BCUT2D eigenvalue weighted by Crippen LogP contribution is 2.32. The highest BCUT2D eigenvalue weighted by Gasteiger charge is 2.37. The topological polar surface area (TPSA) is 66.1 Å². The maximum absolute atomic E-state index is 15.2. The van der Waals surface area contributed by atoms with Gasteiger partial charge in [-0.25, -0.2) is 14.3 Å². The van der Waals surface area contributed by atoms with Crippen molar-refractivity contribution in [3.8, 4) is 0 Å². The smallest absolute Gasteiger partial charge is 0.266 e. The van der Waals surface area contributed by atoms with Gasteiger partial charge in [-0.1, -0.05) is 41.9 Å². The number of fused-ring (bicyclic) bond motifs is 2. The molecule has 1 aliphatic heterocycles. The van der Waals surface area contributed by atoms with Crippen molar-refractivity contribution in [3.63, 3.8) is 0 Å². The van der Waals surface area contributed by atoms with Crippen molar-refractivity contribution >= 4 is 52.3 Å². The summed E-state index contributed by atoms with van der Waals surface area (Å²) in [7, 11) is 0. The lowest BCUT2D eigenvalue weighted by Crippen LogP contribution is -2.30. The molecule has 0 unspecified atom stereocenters. The quantitative estimate of drug-likeness (QED) is 0.458. The first-order valence-electron chi connectivity index (χ1n) is 9.13. The molecule has 7 heteroatoms. The highest BCUT2D eigenvalue weighted by molar-refractivity contribution is 6.35. The van der Waals surface area contributed by atoms with Crippen molar-refractivity contribution in [2.75, 3.05) is 4.90 Å². The molecule has 0 saturated carbocycles. The van der Waals surface area contributed by atoms with Crippen LogP contribution in [0, 0.1) is 5.82 Å². The Labute approximate surface area is 175 Å². The molecular formula is C23H13ClFN3O2. The molecule has 30 heavy (non-hydrogen) atoms. The Morgan fingerprint density at radius 3 is 2.30 bits per heavy atom. The molecule has 0 radical (unpaired) electrons. The van der Waals surface area contributed by atoms with E-state index in [0.717, 1.165) is 4.90 Å². The molecule has 0 saturated heterocycles. The summed E-state index contributed by atoms with van der Waals surface area (Å²) < 4.78 is 15.2. The number of nitrogens with one attached hydrogen (secondary N) is 1. The zero-order valence-corrected chi connectivity index (χ0v) is 16.2. The number of carbonyl (C=O) groups is 2. The summed E-state index contributed by atoms with van der Waals surface area (Å²) in [5.41, 5.74) is 2.05. The van der Waals surface area contributed by atoms with Crippen LogP contribution in [0.2, 0.25) is 5.02 Å². The summed E-state index contributed by atoms with van der Waals surface area (Å²) in [6.07, 6.45) is 3.14. The Morgan fingerprint density at radius 1 is 0.900 bits per heavy atom. The number of anilines is 1. The third kappa shape index (κ3) is 2.81. The summed E-state index contributed by atoms with van der Waals surface area (Å²) in [5.74, 6) is -1.24. The third-order valence-corrected chi connectivity index (χ3v) is 5.26. The van der Waals surface area contributed by atoms with Crippen molar-refractivity contribution in [3.05, 3.63) is 94.0 Å².